The molecule has 1 aromatic heterocycles. The van der Waals surface area contributed by atoms with Gasteiger partial charge in [-0.25, -0.2) is 0 Å². The van der Waals surface area contributed by atoms with Crippen LogP contribution in [0.1, 0.15) is 29.9 Å². The highest BCUT2D eigenvalue weighted by atomic mass is 16.5. The maximum absolute atomic E-state index is 12.5. The van der Waals surface area contributed by atoms with E-state index in [-0.39, 0.29) is 5.91 Å². The number of piperidine rings is 1. The second kappa shape index (κ2) is 10.2. The van der Waals surface area contributed by atoms with Crippen LogP contribution in [0.5, 0.6) is 5.75 Å². The van der Waals surface area contributed by atoms with E-state index in [4.69, 9.17) is 14.0 Å². The topological polar surface area (TPSA) is 85.6 Å². The van der Waals surface area contributed by atoms with E-state index in [1.807, 2.05) is 30.3 Å². The predicted octanol–water partition coefficient (Wildman–Crippen LogP) is 2.30. The Morgan fingerprint density at radius 3 is 3.00 bits per heavy atom. The fourth-order valence-corrected chi connectivity index (χ4v) is 3.77. The number of hydrogen-bond donors (Lipinski definition) is 2. The molecule has 1 aliphatic rings. The molecule has 0 spiro atoms. The molecule has 0 unspecified atom stereocenters. The van der Waals surface area contributed by atoms with Crippen molar-refractivity contribution in [1.29, 1.82) is 0 Å². The SMILES string of the molecule is COCc1cc(C[C@@H]2CNCC[C@H]2CC(=O)NCc2ccccc2OC)no1. The Bertz CT molecular complexity index is 762. The minimum Gasteiger partial charge on any atom is -0.496 e. The molecule has 0 saturated carbocycles. The van der Waals surface area contributed by atoms with Gasteiger partial charge in [0.2, 0.25) is 5.91 Å². The van der Waals surface area contributed by atoms with Crippen LogP contribution >= 0.6 is 0 Å². The number of para-hydroxylation sites is 1. The minimum atomic E-state index is 0.0723. The lowest BCUT2D eigenvalue weighted by Crippen LogP contribution is -2.40. The van der Waals surface area contributed by atoms with Gasteiger partial charge >= 0.3 is 0 Å². The Hall–Kier alpha value is -2.38. The zero-order valence-electron chi connectivity index (χ0n) is 16.6. The Balaban J connectivity index is 1.53. The summed E-state index contributed by atoms with van der Waals surface area (Å²) < 4.78 is 15.7. The lowest BCUT2D eigenvalue weighted by atomic mass is 9.81. The Morgan fingerprint density at radius 2 is 2.18 bits per heavy atom. The fraction of sp³-hybridized carbons (Fsp3) is 0.524. The van der Waals surface area contributed by atoms with Crippen LogP contribution in [0.4, 0.5) is 0 Å². The molecule has 1 fully saturated rings. The number of rotatable bonds is 9. The Morgan fingerprint density at radius 1 is 1.32 bits per heavy atom. The summed E-state index contributed by atoms with van der Waals surface area (Å²) in [6.07, 6.45) is 2.30. The van der Waals surface area contributed by atoms with Crippen molar-refractivity contribution in [2.24, 2.45) is 11.8 Å². The quantitative estimate of drug-likeness (QED) is 0.687. The van der Waals surface area contributed by atoms with Crippen LogP contribution in [0, 0.1) is 11.8 Å². The molecule has 7 nitrogen and oxygen atoms in total. The number of ether oxygens (including phenoxy) is 2. The maximum atomic E-state index is 12.5. The van der Waals surface area contributed by atoms with Crippen LogP contribution in [-0.2, 0) is 29.1 Å². The third-order valence-electron chi connectivity index (χ3n) is 5.25. The van der Waals surface area contributed by atoms with Gasteiger partial charge in [0.1, 0.15) is 12.4 Å². The van der Waals surface area contributed by atoms with E-state index >= 15 is 0 Å². The Labute approximate surface area is 165 Å². The molecule has 2 heterocycles. The van der Waals surface area contributed by atoms with Crippen molar-refractivity contribution in [1.82, 2.24) is 15.8 Å². The van der Waals surface area contributed by atoms with E-state index in [2.05, 4.69) is 15.8 Å². The summed E-state index contributed by atoms with van der Waals surface area (Å²) >= 11 is 0. The first-order valence-electron chi connectivity index (χ1n) is 9.72. The molecule has 2 N–H and O–H groups in total. The van der Waals surface area contributed by atoms with Gasteiger partial charge in [-0.15, -0.1) is 0 Å². The number of nitrogens with one attached hydrogen (secondary N) is 2. The summed E-state index contributed by atoms with van der Waals surface area (Å²) in [6.45, 7) is 2.72. The van der Waals surface area contributed by atoms with Gasteiger partial charge in [0.15, 0.2) is 5.76 Å². The lowest BCUT2D eigenvalue weighted by molar-refractivity contribution is -0.122. The van der Waals surface area contributed by atoms with Crippen molar-refractivity contribution in [2.45, 2.75) is 32.4 Å². The zero-order chi connectivity index (χ0) is 19.8. The first-order valence-corrected chi connectivity index (χ1v) is 9.72. The van der Waals surface area contributed by atoms with E-state index < -0.39 is 0 Å². The van der Waals surface area contributed by atoms with Gasteiger partial charge in [-0.1, -0.05) is 23.4 Å². The van der Waals surface area contributed by atoms with Crippen LogP contribution in [0.25, 0.3) is 0 Å². The second-order valence-electron chi connectivity index (χ2n) is 7.23. The van der Waals surface area contributed by atoms with Crippen LogP contribution in [-0.4, -0.2) is 38.4 Å². The highest BCUT2D eigenvalue weighted by Gasteiger charge is 2.28. The smallest absolute Gasteiger partial charge is 0.220 e. The van der Waals surface area contributed by atoms with Gasteiger partial charge in [-0.2, -0.15) is 0 Å². The molecule has 1 aliphatic heterocycles. The number of benzene rings is 1. The first kappa shape index (κ1) is 20.4. The van der Waals surface area contributed by atoms with Crippen molar-refractivity contribution in [3.05, 3.63) is 47.3 Å². The third kappa shape index (κ3) is 5.56. The molecule has 28 heavy (non-hydrogen) atoms. The number of amides is 1. The van der Waals surface area contributed by atoms with E-state index in [1.54, 1.807) is 14.2 Å². The van der Waals surface area contributed by atoms with Gasteiger partial charge in [0.25, 0.3) is 0 Å². The number of methoxy groups -OCH3 is 2. The standard InChI is InChI=1S/C21H29N3O4/c1-26-14-19-11-18(24-28-19)9-17-12-22-8-7-15(17)10-21(25)23-13-16-5-3-4-6-20(16)27-2/h3-6,11,15,17,22H,7-10,12-14H2,1-2H3,(H,23,25)/t15-,17+/m0/s1. The second-order valence-corrected chi connectivity index (χ2v) is 7.23. The normalized spacial score (nSPS) is 19.4. The van der Waals surface area contributed by atoms with Gasteiger partial charge < -0.3 is 24.6 Å². The average molecular weight is 387 g/mol. The van der Waals surface area contributed by atoms with Crippen molar-refractivity contribution in [2.75, 3.05) is 27.3 Å². The van der Waals surface area contributed by atoms with Crippen LogP contribution in [0.2, 0.25) is 0 Å². The molecule has 152 valence electrons. The van der Waals surface area contributed by atoms with Crippen molar-refractivity contribution in [3.63, 3.8) is 0 Å². The van der Waals surface area contributed by atoms with E-state index in [1.165, 1.54) is 0 Å². The van der Waals surface area contributed by atoms with Crippen molar-refractivity contribution in [3.8, 4) is 5.75 Å². The molecule has 0 aliphatic carbocycles. The molecule has 3 rings (SSSR count). The van der Waals surface area contributed by atoms with Crippen molar-refractivity contribution < 1.29 is 18.8 Å². The van der Waals surface area contributed by atoms with Crippen molar-refractivity contribution >= 4 is 5.91 Å². The molecule has 0 radical (unpaired) electrons. The number of carbonyl (C=O) groups is 1. The summed E-state index contributed by atoms with van der Waals surface area (Å²) in [7, 11) is 3.27. The van der Waals surface area contributed by atoms with Gasteiger partial charge in [0.05, 0.1) is 12.8 Å². The predicted molar refractivity (Wildman–Crippen MR) is 105 cm³/mol. The summed E-state index contributed by atoms with van der Waals surface area (Å²) in [5, 5.41) is 10.6. The van der Waals surface area contributed by atoms with Gasteiger partial charge in [-0.05, 0) is 43.8 Å². The molecule has 1 saturated heterocycles. The molecule has 1 amide bonds. The zero-order valence-corrected chi connectivity index (χ0v) is 16.6. The molecular formula is C21H29N3O4. The molecule has 0 bridgehead atoms. The molecule has 1 aromatic carbocycles. The third-order valence-corrected chi connectivity index (χ3v) is 5.25. The van der Waals surface area contributed by atoms with Gasteiger partial charge in [0, 0.05) is 31.7 Å². The number of carbonyl (C=O) groups excluding carboxylic acids is 1. The fourth-order valence-electron chi connectivity index (χ4n) is 3.77. The van der Waals surface area contributed by atoms with E-state index in [0.29, 0.717) is 31.4 Å². The summed E-state index contributed by atoms with van der Waals surface area (Å²) in [4.78, 5) is 12.5. The van der Waals surface area contributed by atoms with E-state index in [9.17, 15) is 4.79 Å². The molecule has 2 aromatic rings. The molecule has 2 atom stereocenters. The highest BCUT2D eigenvalue weighted by Crippen LogP contribution is 2.26. The number of nitrogens with zero attached hydrogens (tertiary/aromatic N) is 1. The summed E-state index contributed by atoms with van der Waals surface area (Å²) in [5.41, 5.74) is 1.90. The minimum absolute atomic E-state index is 0.0723. The van der Waals surface area contributed by atoms with Gasteiger partial charge in [-0.3, -0.25) is 4.79 Å². The summed E-state index contributed by atoms with van der Waals surface area (Å²) in [6, 6.07) is 9.68. The Kier molecular flexibility index (Phi) is 7.45. The monoisotopic (exact) mass is 387 g/mol. The molecule has 7 heteroatoms. The summed E-state index contributed by atoms with van der Waals surface area (Å²) in [5.74, 6) is 2.27. The van der Waals surface area contributed by atoms with E-state index in [0.717, 1.165) is 48.7 Å². The number of hydrogen-bond acceptors (Lipinski definition) is 6. The molecular weight excluding hydrogens is 358 g/mol. The van der Waals surface area contributed by atoms with Crippen LogP contribution < -0.4 is 15.4 Å². The lowest BCUT2D eigenvalue weighted by Gasteiger charge is -2.31. The largest absolute Gasteiger partial charge is 0.496 e. The van der Waals surface area contributed by atoms with Crippen LogP contribution in [0.3, 0.4) is 0 Å². The first-order chi connectivity index (χ1) is 13.7. The number of aromatic nitrogens is 1. The maximum Gasteiger partial charge on any atom is 0.220 e. The highest BCUT2D eigenvalue weighted by molar-refractivity contribution is 5.76. The average Bonchev–Trinajstić information content (AvgIpc) is 3.15. The van der Waals surface area contributed by atoms with Crippen LogP contribution in [0.15, 0.2) is 34.9 Å².